The summed E-state index contributed by atoms with van der Waals surface area (Å²) >= 11 is 1.87. The first-order valence-corrected chi connectivity index (χ1v) is 14.4. The summed E-state index contributed by atoms with van der Waals surface area (Å²) in [6.07, 6.45) is 0. The van der Waals surface area contributed by atoms with Gasteiger partial charge in [-0.1, -0.05) is 121 Å². The molecule has 0 N–H and O–H groups in total. The number of fused-ring (bicyclic) bond motifs is 7. The Labute approximate surface area is 235 Å². The molecule has 7 aromatic carbocycles. The molecule has 0 fully saturated rings. The van der Waals surface area contributed by atoms with Gasteiger partial charge in [0.2, 0.25) is 0 Å². The van der Waals surface area contributed by atoms with Crippen LogP contribution in [0, 0.1) is 0 Å². The molecule has 8 aromatic rings. The second kappa shape index (κ2) is 8.35. The van der Waals surface area contributed by atoms with E-state index in [1.807, 2.05) is 11.8 Å². The molecule has 1 nitrogen and oxygen atoms in total. The minimum Gasteiger partial charge on any atom is -0.455 e. The number of hydrogen-bond acceptors (Lipinski definition) is 2. The number of furan rings is 1. The highest BCUT2D eigenvalue weighted by Crippen LogP contribution is 2.49. The van der Waals surface area contributed by atoms with Crippen molar-refractivity contribution >= 4 is 55.2 Å². The predicted octanol–water partition coefficient (Wildman–Crippen LogP) is 11.4. The van der Waals surface area contributed by atoms with Crippen LogP contribution in [0.25, 0.3) is 76.9 Å². The Balaban J connectivity index is 1.19. The van der Waals surface area contributed by atoms with Crippen molar-refractivity contribution in [2.75, 3.05) is 0 Å². The van der Waals surface area contributed by atoms with E-state index in [1.54, 1.807) is 0 Å². The molecule has 0 aliphatic carbocycles. The fraction of sp³-hybridized carbons (Fsp3) is 0. The second-order valence-corrected chi connectivity index (χ2v) is 11.5. The molecule has 0 atom stereocenters. The van der Waals surface area contributed by atoms with Gasteiger partial charge in [-0.3, -0.25) is 0 Å². The van der Waals surface area contributed by atoms with Gasteiger partial charge in [-0.05, 0) is 68.4 Å². The average Bonchev–Trinajstić information content (AvgIpc) is 3.41. The maximum absolute atomic E-state index is 6.43. The number of rotatable bonds is 2. The Morgan fingerprint density at radius 3 is 2.05 bits per heavy atom. The monoisotopic (exact) mass is 526 g/mol. The van der Waals surface area contributed by atoms with Gasteiger partial charge in [-0.25, -0.2) is 0 Å². The maximum Gasteiger partial charge on any atom is 0.143 e. The molecule has 0 saturated heterocycles. The highest BCUT2D eigenvalue weighted by atomic mass is 32.2. The first kappa shape index (κ1) is 22.1. The van der Waals surface area contributed by atoms with Crippen LogP contribution in [-0.2, 0) is 0 Å². The van der Waals surface area contributed by atoms with E-state index in [9.17, 15) is 0 Å². The van der Waals surface area contributed by atoms with E-state index in [-0.39, 0.29) is 0 Å². The molecule has 1 aliphatic heterocycles. The summed E-state index contributed by atoms with van der Waals surface area (Å²) in [7, 11) is 0. The summed E-state index contributed by atoms with van der Waals surface area (Å²) in [5, 5.41) is 7.35. The summed E-state index contributed by atoms with van der Waals surface area (Å²) in [5.41, 5.74) is 9.42. The molecule has 0 amide bonds. The van der Waals surface area contributed by atoms with E-state index >= 15 is 0 Å². The van der Waals surface area contributed by atoms with Crippen LogP contribution in [0.15, 0.2) is 148 Å². The zero-order valence-corrected chi connectivity index (χ0v) is 22.3. The van der Waals surface area contributed by atoms with Gasteiger partial charge >= 0.3 is 0 Å². The molecule has 0 saturated carbocycles. The summed E-state index contributed by atoms with van der Waals surface area (Å²) in [6.45, 7) is 0. The first-order valence-electron chi connectivity index (χ1n) is 13.6. The van der Waals surface area contributed by atoms with Crippen molar-refractivity contribution in [3.05, 3.63) is 133 Å². The lowest BCUT2D eigenvalue weighted by atomic mass is 9.91. The third-order valence-electron chi connectivity index (χ3n) is 8.29. The van der Waals surface area contributed by atoms with Crippen molar-refractivity contribution < 1.29 is 4.42 Å². The lowest BCUT2D eigenvalue weighted by molar-refractivity contribution is 0.673. The van der Waals surface area contributed by atoms with E-state index in [1.165, 1.54) is 64.7 Å². The Kier molecular flexibility index (Phi) is 4.61. The average molecular weight is 527 g/mol. The SMILES string of the molecule is c1ccc2c(c1)Sc1ccc(-c3ccc(-c4cccc5oc6c7ccccc7ccc6c45)cc3)c3cccc-2c13. The Morgan fingerprint density at radius 1 is 0.400 bits per heavy atom. The van der Waals surface area contributed by atoms with Crippen LogP contribution in [0.4, 0.5) is 0 Å². The van der Waals surface area contributed by atoms with Gasteiger partial charge in [-0.15, -0.1) is 0 Å². The molecule has 1 aromatic heterocycles. The van der Waals surface area contributed by atoms with E-state index in [0.717, 1.165) is 21.9 Å². The zero-order valence-electron chi connectivity index (χ0n) is 21.5. The molecule has 0 unspecified atom stereocenters. The molecule has 1 aliphatic rings. The van der Waals surface area contributed by atoms with Crippen LogP contribution >= 0.6 is 11.8 Å². The molecule has 2 heterocycles. The van der Waals surface area contributed by atoms with Gasteiger partial charge in [0.1, 0.15) is 11.2 Å². The van der Waals surface area contributed by atoms with Gasteiger partial charge in [0, 0.05) is 31.3 Å². The van der Waals surface area contributed by atoms with E-state index in [0.29, 0.717) is 0 Å². The summed E-state index contributed by atoms with van der Waals surface area (Å²) in [4.78, 5) is 2.66. The van der Waals surface area contributed by atoms with Crippen molar-refractivity contribution in [1.29, 1.82) is 0 Å². The third kappa shape index (κ3) is 3.11. The third-order valence-corrected chi connectivity index (χ3v) is 9.43. The van der Waals surface area contributed by atoms with Gasteiger partial charge in [0.25, 0.3) is 0 Å². The van der Waals surface area contributed by atoms with E-state index < -0.39 is 0 Å². The van der Waals surface area contributed by atoms with Crippen molar-refractivity contribution in [1.82, 2.24) is 0 Å². The molecular weight excluding hydrogens is 504 g/mol. The van der Waals surface area contributed by atoms with Gasteiger partial charge in [-0.2, -0.15) is 0 Å². The molecular formula is C38H22OS. The maximum atomic E-state index is 6.43. The number of hydrogen-bond donors (Lipinski definition) is 0. The number of benzene rings is 7. The molecule has 0 spiro atoms. The van der Waals surface area contributed by atoms with Crippen molar-refractivity contribution in [2.45, 2.75) is 9.79 Å². The minimum atomic E-state index is 0.925. The molecule has 9 rings (SSSR count). The molecule has 0 radical (unpaired) electrons. The van der Waals surface area contributed by atoms with Crippen molar-refractivity contribution in [2.24, 2.45) is 0 Å². The first-order chi connectivity index (χ1) is 19.8. The normalized spacial score (nSPS) is 12.4. The quantitative estimate of drug-likeness (QED) is 0.222. The van der Waals surface area contributed by atoms with Crippen LogP contribution < -0.4 is 0 Å². The van der Waals surface area contributed by atoms with Crippen LogP contribution in [0.5, 0.6) is 0 Å². The van der Waals surface area contributed by atoms with E-state index in [2.05, 4.69) is 133 Å². The van der Waals surface area contributed by atoms with Crippen molar-refractivity contribution in [3.63, 3.8) is 0 Å². The summed E-state index contributed by atoms with van der Waals surface area (Å²) in [6, 6.07) is 48.3. The molecule has 0 bridgehead atoms. The smallest absolute Gasteiger partial charge is 0.143 e. The fourth-order valence-corrected chi connectivity index (χ4v) is 7.59. The highest BCUT2D eigenvalue weighted by Gasteiger charge is 2.20. The fourth-order valence-electron chi connectivity index (χ4n) is 6.46. The van der Waals surface area contributed by atoms with Crippen LogP contribution in [0.3, 0.4) is 0 Å². The lowest BCUT2D eigenvalue weighted by Gasteiger charge is -2.21. The predicted molar refractivity (Wildman–Crippen MR) is 169 cm³/mol. The molecule has 40 heavy (non-hydrogen) atoms. The largest absolute Gasteiger partial charge is 0.455 e. The second-order valence-electron chi connectivity index (χ2n) is 10.5. The van der Waals surface area contributed by atoms with Crippen molar-refractivity contribution in [3.8, 4) is 33.4 Å². The Hall–Kier alpha value is -4.79. The van der Waals surface area contributed by atoms with Crippen LogP contribution in [-0.4, -0.2) is 0 Å². The van der Waals surface area contributed by atoms with Crippen LogP contribution in [0.2, 0.25) is 0 Å². The summed E-state index contributed by atoms with van der Waals surface area (Å²) in [5.74, 6) is 0. The van der Waals surface area contributed by atoms with E-state index in [4.69, 9.17) is 4.42 Å². The Bertz CT molecular complexity index is 2290. The van der Waals surface area contributed by atoms with Crippen LogP contribution in [0.1, 0.15) is 0 Å². The van der Waals surface area contributed by atoms with Gasteiger partial charge in [0.05, 0.1) is 0 Å². The Morgan fingerprint density at radius 2 is 1.12 bits per heavy atom. The molecule has 186 valence electrons. The van der Waals surface area contributed by atoms with Gasteiger partial charge < -0.3 is 4.42 Å². The topological polar surface area (TPSA) is 13.1 Å². The van der Waals surface area contributed by atoms with Gasteiger partial charge in [0.15, 0.2) is 0 Å². The molecule has 2 heteroatoms. The lowest BCUT2D eigenvalue weighted by Crippen LogP contribution is -1.94. The standard InChI is InChI=1S/C38H22OS/c1-2-8-28-23(7-1)19-20-32-36-27(10-6-13-33(36)39-38(28)32)25-17-15-24(16-18-25)26-21-22-35-37-30(26)11-5-12-31(37)29-9-3-4-14-34(29)40-35/h1-22H. The summed E-state index contributed by atoms with van der Waals surface area (Å²) < 4.78 is 6.43. The minimum absolute atomic E-state index is 0.925. The zero-order chi connectivity index (χ0) is 26.2. The highest BCUT2D eigenvalue weighted by molar-refractivity contribution is 7.99.